The van der Waals surface area contributed by atoms with Crippen molar-refractivity contribution in [3.8, 4) is 11.9 Å². The Bertz CT molecular complexity index is 553. The van der Waals surface area contributed by atoms with Gasteiger partial charge in [-0.25, -0.2) is 0 Å². The number of aromatic nitrogens is 1. The first-order valence-electron chi connectivity index (χ1n) is 5.12. The first-order chi connectivity index (χ1) is 8.18. The fraction of sp³-hybridized carbons (Fsp3) is 0.455. The molecule has 0 bridgehead atoms. The molecule has 0 radical (unpaired) electrons. The van der Waals surface area contributed by atoms with Crippen LogP contribution < -0.4 is 5.56 Å². The number of alkyl halides is 3. The lowest BCUT2D eigenvalue weighted by molar-refractivity contribution is -0.138. The molecule has 7 heteroatoms. The highest BCUT2D eigenvalue weighted by Crippen LogP contribution is 2.34. The van der Waals surface area contributed by atoms with Crippen molar-refractivity contribution in [2.45, 2.75) is 26.6 Å². The molecule has 0 fully saturated rings. The van der Waals surface area contributed by atoms with Gasteiger partial charge in [0.1, 0.15) is 11.6 Å². The number of rotatable bonds is 2. The van der Waals surface area contributed by atoms with Gasteiger partial charge in [0.2, 0.25) is 5.88 Å². The lowest BCUT2D eigenvalue weighted by Crippen LogP contribution is -2.25. The molecular weight excluding hydrogens is 249 g/mol. The molecular formula is C11H11F3N2O2. The lowest BCUT2D eigenvalue weighted by Gasteiger charge is -2.15. The van der Waals surface area contributed by atoms with Crippen LogP contribution in [0.5, 0.6) is 5.88 Å². The summed E-state index contributed by atoms with van der Waals surface area (Å²) >= 11 is 0. The average Bonchev–Trinajstić information content (AvgIpc) is 2.22. The van der Waals surface area contributed by atoms with Crippen molar-refractivity contribution in [1.29, 1.82) is 5.26 Å². The standard InChI is InChI=1S/C11H11F3N2O2/c1-6(2)5-16-9(17)3-8(11(12,13)14)7(4-15)10(16)18/h3,6,18H,5H2,1-2H3. The van der Waals surface area contributed by atoms with E-state index < -0.39 is 28.7 Å². The Balaban J connectivity index is 3.57. The van der Waals surface area contributed by atoms with E-state index in [2.05, 4.69) is 0 Å². The van der Waals surface area contributed by atoms with Crippen LogP contribution in [0.2, 0.25) is 0 Å². The van der Waals surface area contributed by atoms with Crippen molar-refractivity contribution < 1.29 is 18.3 Å². The first-order valence-corrected chi connectivity index (χ1v) is 5.12. The SMILES string of the molecule is CC(C)Cn1c(O)c(C#N)c(C(F)(F)F)cc1=O. The van der Waals surface area contributed by atoms with E-state index in [1.165, 1.54) is 6.07 Å². The van der Waals surface area contributed by atoms with Crippen LogP contribution in [0.3, 0.4) is 0 Å². The van der Waals surface area contributed by atoms with Gasteiger partial charge in [-0.3, -0.25) is 9.36 Å². The predicted molar refractivity (Wildman–Crippen MR) is 56.9 cm³/mol. The zero-order chi connectivity index (χ0) is 14.1. The Kier molecular flexibility index (Phi) is 3.70. The van der Waals surface area contributed by atoms with Crippen LogP contribution in [0.1, 0.15) is 25.0 Å². The van der Waals surface area contributed by atoms with E-state index in [1.54, 1.807) is 13.8 Å². The van der Waals surface area contributed by atoms with Gasteiger partial charge in [0, 0.05) is 12.6 Å². The number of nitrogens with zero attached hydrogens (tertiary/aromatic N) is 2. The van der Waals surface area contributed by atoms with Crippen LogP contribution in [0.25, 0.3) is 0 Å². The van der Waals surface area contributed by atoms with E-state index in [-0.39, 0.29) is 12.5 Å². The Labute approximate surface area is 101 Å². The highest BCUT2D eigenvalue weighted by atomic mass is 19.4. The Morgan fingerprint density at radius 3 is 2.44 bits per heavy atom. The van der Waals surface area contributed by atoms with Crippen molar-refractivity contribution >= 4 is 0 Å². The smallest absolute Gasteiger partial charge is 0.418 e. The third kappa shape index (κ3) is 2.64. The van der Waals surface area contributed by atoms with Crippen LogP contribution in [0.15, 0.2) is 10.9 Å². The van der Waals surface area contributed by atoms with Crippen molar-refractivity contribution in [3.63, 3.8) is 0 Å². The van der Waals surface area contributed by atoms with Gasteiger partial charge in [0.25, 0.3) is 5.56 Å². The van der Waals surface area contributed by atoms with E-state index >= 15 is 0 Å². The number of hydrogen-bond acceptors (Lipinski definition) is 3. The topological polar surface area (TPSA) is 66.0 Å². The third-order valence-electron chi connectivity index (χ3n) is 2.25. The molecule has 0 spiro atoms. The molecule has 4 nitrogen and oxygen atoms in total. The van der Waals surface area contributed by atoms with Gasteiger partial charge in [0.15, 0.2) is 0 Å². The molecule has 0 saturated carbocycles. The molecule has 98 valence electrons. The molecule has 18 heavy (non-hydrogen) atoms. The van der Waals surface area contributed by atoms with E-state index in [1.807, 2.05) is 0 Å². The quantitative estimate of drug-likeness (QED) is 0.885. The van der Waals surface area contributed by atoms with E-state index in [4.69, 9.17) is 5.26 Å². The summed E-state index contributed by atoms with van der Waals surface area (Å²) in [6.45, 7) is 3.50. The van der Waals surface area contributed by atoms with Crippen LogP contribution in [0, 0.1) is 17.2 Å². The summed E-state index contributed by atoms with van der Waals surface area (Å²) in [7, 11) is 0. The number of nitriles is 1. The van der Waals surface area contributed by atoms with Gasteiger partial charge in [-0.15, -0.1) is 0 Å². The normalized spacial score (nSPS) is 11.6. The summed E-state index contributed by atoms with van der Waals surface area (Å²) in [5.74, 6) is -0.997. The van der Waals surface area contributed by atoms with Crippen LogP contribution >= 0.6 is 0 Å². The fourth-order valence-corrected chi connectivity index (χ4v) is 1.51. The summed E-state index contributed by atoms with van der Waals surface area (Å²) in [6, 6.07) is 1.62. The monoisotopic (exact) mass is 260 g/mol. The summed E-state index contributed by atoms with van der Waals surface area (Å²) in [4.78, 5) is 11.5. The zero-order valence-electron chi connectivity index (χ0n) is 9.75. The van der Waals surface area contributed by atoms with E-state index in [0.29, 0.717) is 6.07 Å². The molecule has 1 aromatic rings. The van der Waals surface area contributed by atoms with Gasteiger partial charge in [-0.2, -0.15) is 18.4 Å². The fourth-order valence-electron chi connectivity index (χ4n) is 1.51. The lowest BCUT2D eigenvalue weighted by atomic mass is 10.1. The second-order valence-corrected chi connectivity index (χ2v) is 4.21. The highest BCUT2D eigenvalue weighted by Gasteiger charge is 2.36. The second-order valence-electron chi connectivity index (χ2n) is 4.21. The average molecular weight is 260 g/mol. The molecule has 0 saturated heterocycles. The Hall–Kier alpha value is -1.97. The minimum Gasteiger partial charge on any atom is -0.493 e. The maximum Gasteiger partial charge on any atom is 0.418 e. The van der Waals surface area contributed by atoms with Crippen LogP contribution in [0.4, 0.5) is 13.2 Å². The van der Waals surface area contributed by atoms with Crippen LogP contribution in [-0.2, 0) is 12.7 Å². The first kappa shape index (κ1) is 14.1. The van der Waals surface area contributed by atoms with Gasteiger partial charge < -0.3 is 5.11 Å². The second kappa shape index (κ2) is 4.72. The molecule has 1 N–H and O–H groups in total. The molecule has 0 aliphatic rings. The predicted octanol–water partition coefficient (Wildman–Crippen LogP) is 2.10. The Morgan fingerprint density at radius 2 is 2.06 bits per heavy atom. The minimum atomic E-state index is -4.85. The van der Waals surface area contributed by atoms with E-state index in [9.17, 15) is 23.1 Å². The number of pyridine rings is 1. The third-order valence-corrected chi connectivity index (χ3v) is 2.25. The molecule has 0 amide bonds. The summed E-state index contributed by atoms with van der Waals surface area (Å²) < 4.78 is 38.5. The summed E-state index contributed by atoms with van der Waals surface area (Å²) in [5.41, 5.74) is -3.32. The molecule has 0 aliphatic carbocycles. The Morgan fingerprint density at radius 1 is 1.50 bits per heavy atom. The van der Waals surface area contributed by atoms with Crippen molar-refractivity contribution in [2.24, 2.45) is 5.92 Å². The maximum absolute atomic E-state index is 12.6. The molecule has 1 heterocycles. The summed E-state index contributed by atoms with van der Waals surface area (Å²) in [6.07, 6.45) is -4.85. The van der Waals surface area contributed by atoms with Gasteiger partial charge in [0.05, 0.1) is 5.56 Å². The van der Waals surface area contributed by atoms with Gasteiger partial charge in [-0.1, -0.05) is 13.8 Å². The van der Waals surface area contributed by atoms with Gasteiger partial charge in [-0.05, 0) is 5.92 Å². The molecule has 0 aliphatic heterocycles. The molecule has 0 unspecified atom stereocenters. The molecule has 1 aromatic heterocycles. The number of halogens is 3. The molecule has 0 atom stereocenters. The van der Waals surface area contributed by atoms with Crippen molar-refractivity contribution in [1.82, 2.24) is 4.57 Å². The largest absolute Gasteiger partial charge is 0.493 e. The van der Waals surface area contributed by atoms with E-state index in [0.717, 1.165) is 4.57 Å². The number of hydrogen-bond donors (Lipinski definition) is 1. The number of aromatic hydroxyl groups is 1. The highest BCUT2D eigenvalue weighted by molar-refractivity contribution is 5.46. The minimum absolute atomic E-state index is 0.0392. The summed E-state index contributed by atoms with van der Waals surface area (Å²) in [5, 5.41) is 18.3. The van der Waals surface area contributed by atoms with Crippen LogP contribution in [-0.4, -0.2) is 9.67 Å². The van der Waals surface area contributed by atoms with Crippen molar-refractivity contribution in [3.05, 3.63) is 27.5 Å². The maximum atomic E-state index is 12.6. The zero-order valence-corrected chi connectivity index (χ0v) is 9.75. The van der Waals surface area contributed by atoms with Gasteiger partial charge >= 0.3 is 6.18 Å². The molecule has 1 rings (SSSR count). The molecule has 0 aromatic carbocycles. The van der Waals surface area contributed by atoms with Crippen molar-refractivity contribution in [2.75, 3.05) is 0 Å².